The van der Waals surface area contributed by atoms with Crippen molar-refractivity contribution in [3.8, 4) is 0 Å². The van der Waals surface area contributed by atoms with Crippen molar-refractivity contribution in [3.63, 3.8) is 0 Å². The molecule has 2 rings (SSSR count). The van der Waals surface area contributed by atoms with Gasteiger partial charge in [-0.3, -0.25) is 0 Å². The summed E-state index contributed by atoms with van der Waals surface area (Å²) in [6, 6.07) is 0. The molecule has 0 aliphatic carbocycles. The molecule has 1 fully saturated rings. The van der Waals surface area contributed by atoms with Crippen LogP contribution in [0.4, 0.5) is 0 Å². The molecular weight excluding hydrogens is 214 g/mol. The molecule has 96 valence electrons. The minimum Gasteiger partial charge on any atom is -0.333 e. The van der Waals surface area contributed by atoms with E-state index < -0.39 is 0 Å². The molecule has 2 heterocycles. The summed E-state index contributed by atoms with van der Waals surface area (Å²) >= 11 is 0. The number of piperazine rings is 1. The van der Waals surface area contributed by atoms with Crippen LogP contribution in [0.5, 0.6) is 0 Å². The fourth-order valence-corrected chi connectivity index (χ4v) is 2.09. The van der Waals surface area contributed by atoms with Gasteiger partial charge in [0.15, 0.2) is 0 Å². The third kappa shape index (κ3) is 3.52. The second kappa shape index (κ2) is 6.14. The average molecular weight is 237 g/mol. The average Bonchev–Trinajstić information content (AvgIpc) is 2.77. The number of nitrogens with zero attached hydrogens (tertiary/aromatic N) is 4. The van der Waals surface area contributed by atoms with Crippen LogP contribution in [0.3, 0.4) is 0 Å². The van der Waals surface area contributed by atoms with E-state index in [0.29, 0.717) is 0 Å². The van der Waals surface area contributed by atoms with E-state index in [1.165, 1.54) is 5.69 Å². The van der Waals surface area contributed by atoms with Crippen LogP contribution in [0.15, 0.2) is 12.5 Å². The monoisotopic (exact) mass is 237 g/mol. The molecule has 1 aliphatic rings. The van der Waals surface area contributed by atoms with Gasteiger partial charge in [0, 0.05) is 38.9 Å². The summed E-state index contributed by atoms with van der Waals surface area (Å²) in [6.45, 7) is 8.60. The fourth-order valence-electron chi connectivity index (χ4n) is 2.09. The number of rotatable bonds is 5. The highest BCUT2D eigenvalue weighted by atomic mass is 15.5. The van der Waals surface area contributed by atoms with Gasteiger partial charge in [-0.15, -0.1) is 0 Å². The molecule has 1 aromatic rings. The van der Waals surface area contributed by atoms with E-state index in [2.05, 4.69) is 38.9 Å². The molecule has 5 heteroatoms. The topological polar surface area (TPSA) is 36.3 Å². The molecule has 0 aromatic carbocycles. The largest absolute Gasteiger partial charge is 0.333 e. The Balaban J connectivity index is 1.79. The first-order valence-corrected chi connectivity index (χ1v) is 6.45. The molecule has 0 radical (unpaired) electrons. The highest BCUT2D eigenvalue weighted by molar-refractivity contribution is 4.97. The second-order valence-electron chi connectivity index (χ2n) is 4.70. The van der Waals surface area contributed by atoms with Gasteiger partial charge in [-0.2, -0.15) is 0 Å². The lowest BCUT2D eigenvalue weighted by atomic mass is 10.4. The van der Waals surface area contributed by atoms with E-state index in [1.54, 1.807) is 0 Å². The summed E-state index contributed by atoms with van der Waals surface area (Å²) in [5.74, 6) is 0. The van der Waals surface area contributed by atoms with Crippen molar-refractivity contribution in [2.75, 3.05) is 33.2 Å². The Morgan fingerprint density at radius 3 is 2.76 bits per heavy atom. The van der Waals surface area contributed by atoms with Gasteiger partial charge in [-0.1, -0.05) is 6.92 Å². The number of hydrogen-bond donors (Lipinski definition) is 1. The lowest BCUT2D eigenvalue weighted by molar-refractivity contribution is 0.101. The SMILES string of the molecule is CCCn1cncc1CNN1CCN(C)CC1. The van der Waals surface area contributed by atoms with Crippen molar-refractivity contribution in [1.82, 2.24) is 24.9 Å². The van der Waals surface area contributed by atoms with E-state index in [-0.39, 0.29) is 0 Å². The molecule has 1 N–H and O–H groups in total. The van der Waals surface area contributed by atoms with Gasteiger partial charge in [0.2, 0.25) is 0 Å². The van der Waals surface area contributed by atoms with Crippen LogP contribution in [-0.4, -0.2) is 52.7 Å². The second-order valence-corrected chi connectivity index (χ2v) is 4.70. The number of imidazole rings is 1. The lowest BCUT2D eigenvalue weighted by Crippen LogP contribution is -2.50. The first-order valence-electron chi connectivity index (χ1n) is 6.45. The molecular formula is C12H23N5. The van der Waals surface area contributed by atoms with Crippen LogP contribution in [0.25, 0.3) is 0 Å². The molecule has 0 saturated carbocycles. The highest BCUT2D eigenvalue weighted by Gasteiger charge is 2.13. The standard InChI is InChI=1S/C12H23N5/c1-3-4-16-11-13-9-12(16)10-14-17-7-5-15(2)6-8-17/h9,11,14H,3-8,10H2,1-2H3. The first-order chi connectivity index (χ1) is 8.29. The number of aromatic nitrogens is 2. The van der Waals surface area contributed by atoms with Gasteiger partial charge in [-0.05, 0) is 13.5 Å². The van der Waals surface area contributed by atoms with Crippen LogP contribution in [0.2, 0.25) is 0 Å². The van der Waals surface area contributed by atoms with Gasteiger partial charge in [0.25, 0.3) is 0 Å². The van der Waals surface area contributed by atoms with E-state index in [0.717, 1.165) is 45.7 Å². The molecule has 0 unspecified atom stereocenters. The highest BCUT2D eigenvalue weighted by Crippen LogP contribution is 2.02. The maximum Gasteiger partial charge on any atom is 0.0948 e. The number of nitrogens with one attached hydrogen (secondary N) is 1. The Morgan fingerprint density at radius 2 is 2.06 bits per heavy atom. The first kappa shape index (κ1) is 12.5. The van der Waals surface area contributed by atoms with Crippen LogP contribution < -0.4 is 5.43 Å². The van der Waals surface area contributed by atoms with E-state index in [9.17, 15) is 0 Å². The van der Waals surface area contributed by atoms with Crippen LogP contribution >= 0.6 is 0 Å². The predicted molar refractivity (Wildman–Crippen MR) is 68.4 cm³/mol. The van der Waals surface area contributed by atoms with Crippen molar-refractivity contribution < 1.29 is 0 Å². The van der Waals surface area contributed by atoms with Crippen LogP contribution in [0.1, 0.15) is 19.0 Å². The van der Waals surface area contributed by atoms with Gasteiger partial charge < -0.3 is 9.47 Å². The van der Waals surface area contributed by atoms with Crippen molar-refractivity contribution in [2.24, 2.45) is 0 Å². The quantitative estimate of drug-likeness (QED) is 0.811. The molecule has 1 aliphatic heterocycles. The van der Waals surface area contributed by atoms with Gasteiger partial charge in [0.05, 0.1) is 18.6 Å². The summed E-state index contributed by atoms with van der Waals surface area (Å²) in [6.07, 6.45) is 5.03. The molecule has 0 spiro atoms. The minimum absolute atomic E-state index is 0.879. The van der Waals surface area contributed by atoms with Crippen molar-refractivity contribution >= 4 is 0 Å². The van der Waals surface area contributed by atoms with Crippen molar-refractivity contribution in [1.29, 1.82) is 0 Å². The Kier molecular flexibility index (Phi) is 4.53. The Labute approximate surface area is 103 Å². The summed E-state index contributed by atoms with van der Waals surface area (Å²) < 4.78 is 2.23. The van der Waals surface area contributed by atoms with Crippen molar-refractivity contribution in [2.45, 2.75) is 26.4 Å². The normalized spacial score (nSPS) is 18.7. The summed E-state index contributed by atoms with van der Waals surface area (Å²) in [7, 11) is 2.17. The number of aryl methyl sites for hydroxylation is 1. The zero-order valence-electron chi connectivity index (χ0n) is 10.9. The molecule has 17 heavy (non-hydrogen) atoms. The molecule has 0 bridgehead atoms. The number of likely N-dealkylation sites (N-methyl/N-ethyl adjacent to an activating group) is 1. The molecule has 0 amide bonds. The van der Waals surface area contributed by atoms with Crippen molar-refractivity contribution in [3.05, 3.63) is 18.2 Å². The lowest BCUT2D eigenvalue weighted by Gasteiger charge is -2.32. The Morgan fingerprint density at radius 1 is 1.29 bits per heavy atom. The van der Waals surface area contributed by atoms with Gasteiger partial charge in [0.1, 0.15) is 0 Å². The molecule has 5 nitrogen and oxygen atoms in total. The summed E-state index contributed by atoms with van der Waals surface area (Å²) in [5, 5.41) is 2.31. The predicted octanol–water partition coefficient (Wildman–Crippen LogP) is 0.545. The number of hydrazine groups is 1. The molecule has 1 aromatic heterocycles. The minimum atomic E-state index is 0.879. The van der Waals surface area contributed by atoms with E-state index >= 15 is 0 Å². The summed E-state index contributed by atoms with van der Waals surface area (Å²) in [4.78, 5) is 6.57. The maximum absolute atomic E-state index is 4.21. The van der Waals surface area contributed by atoms with Crippen LogP contribution in [0, 0.1) is 0 Å². The zero-order valence-corrected chi connectivity index (χ0v) is 10.9. The zero-order chi connectivity index (χ0) is 12.1. The van der Waals surface area contributed by atoms with E-state index in [4.69, 9.17) is 0 Å². The number of hydrogen-bond acceptors (Lipinski definition) is 4. The van der Waals surface area contributed by atoms with Crippen LogP contribution in [-0.2, 0) is 13.1 Å². The Bertz CT molecular complexity index is 327. The molecule has 1 saturated heterocycles. The smallest absolute Gasteiger partial charge is 0.0948 e. The Hall–Kier alpha value is -0.910. The third-order valence-corrected chi connectivity index (χ3v) is 3.25. The van der Waals surface area contributed by atoms with E-state index in [1.807, 2.05) is 12.5 Å². The maximum atomic E-state index is 4.21. The van der Waals surface area contributed by atoms with Gasteiger partial charge >= 0.3 is 0 Å². The summed E-state index contributed by atoms with van der Waals surface area (Å²) in [5.41, 5.74) is 4.76. The van der Waals surface area contributed by atoms with Gasteiger partial charge in [-0.25, -0.2) is 15.4 Å². The third-order valence-electron chi connectivity index (χ3n) is 3.25. The molecule has 0 atom stereocenters. The fraction of sp³-hybridized carbons (Fsp3) is 0.750.